The lowest BCUT2D eigenvalue weighted by molar-refractivity contribution is 0.0501. The molecule has 5 heteroatoms. The highest BCUT2D eigenvalue weighted by molar-refractivity contribution is 6.10. The van der Waals surface area contributed by atoms with E-state index in [-0.39, 0.29) is 19.4 Å². The number of carbonyl (C=O) groups is 1. The molecule has 0 spiro atoms. The number of rotatable bonds is 8. The lowest BCUT2D eigenvalue weighted by Crippen LogP contribution is -2.07. The minimum Gasteiger partial charge on any atom is -0.468 e. The first-order valence-corrected chi connectivity index (χ1v) is 6.73. The zero-order chi connectivity index (χ0) is 15.8. The van der Waals surface area contributed by atoms with Gasteiger partial charge in [-0.25, -0.2) is 0 Å². The molecule has 5 nitrogen and oxygen atoms in total. The van der Waals surface area contributed by atoms with Crippen LogP contribution in [0.2, 0.25) is 0 Å². The molecular formula is C17H18O5. The van der Waals surface area contributed by atoms with Crippen LogP contribution in [0.4, 0.5) is 0 Å². The molecule has 0 saturated carbocycles. The minimum absolute atomic E-state index is 0.0846. The van der Waals surface area contributed by atoms with Gasteiger partial charge in [0.25, 0.3) is 0 Å². The summed E-state index contributed by atoms with van der Waals surface area (Å²) in [6, 6.07) is 14.0. The Morgan fingerprint density at radius 2 is 1.64 bits per heavy atom. The number of carbonyl (C=O) groups excluding carboxylic acids is 1. The Morgan fingerprint density at radius 3 is 2.41 bits per heavy atom. The topological polar surface area (TPSA) is 54.0 Å². The fourth-order valence-corrected chi connectivity index (χ4v) is 1.91. The van der Waals surface area contributed by atoms with E-state index in [0.29, 0.717) is 22.6 Å². The highest BCUT2D eigenvalue weighted by Crippen LogP contribution is 2.23. The van der Waals surface area contributed by atoms with Crippen molar-refractivity contribution in [3.63, 3.8) is 0 Å². The molecule has 0 bridgehead atoms. The zero-order valence-electron chi connectivity index (χ0n) is 12.6. The van der Waals surface area contributed by atoms with E-state index in [4.69, 9.17) is 18.9 Å². The molecule has 0 aliphatic rings. The molecule has 22 heavy (non-hydrogen) atoms. The van der Waals surface area contributed by atoms with Gasteiger partial charge in [0, 0.05) is 19.8 Å². The maximum atomic E-state index is 12.6. The standard InChI is InChI=1S/C17H18O5/c1-19-11-21-14-7-5-6-13(10-14)17(18)15-8-3-4-9-16(15)22-12-20-2/h3-10H,11-12H2,1-2H3. The first kappa shape index (κ1) is 16.0. The van der Waals surface area contributed by atoms with E-state index >= 15 is 0 Å². The maximum absolute atomic E-state index is 12.6. The van der Waals surface area contributed by atoms with Gasteiger partial charge in [-0.3, -0.25) is 4.79 Å². The molecule has 0 aliphatic heterocycles. The van der Waals surface area contributed by atoms with Crippen LogP contribution in [0, 0.1) is 0 Å². The lowest BCUT2D eigenvalue weighted by Gasteiger charge is -2.11. The van der Waals surface area contributed by atoms with Crippen LogP contribution in [-0.2, 0) is 9.47 Å². The SMILES string of the molecule is COCOc1cccc(C(=O)c2ccccc2OCOC)c1. The lowest BCUT2D eigenvalue weighted by atomic mass is 10.0. The van der Waals surface area contributed by atoms with Crippen LogP contribution in [0.3, 0.4) is 0 Å². The molecule has 0 saturated heterocycles. The van der Waals surface area contributed by atoms with Crippen LogP contribution < -0.4 is 9.47 Å². The molecule has 0 heterocycles. The Bertz CT molecular complexity index is 624. The maximum Gasteiger partial charge on any atom is 0.196 e. The number of hydrogen-bond acceptors (Lipinski definition) is 5. The van der Waals surface area contributed by atoms with Gasteiger partial charge in [0.05, 0.1) is 5.56 Å². The van der Waals surface area contributed by atoms with Gasteiger partial charge in [0.1, 0.15) is 11.5 Å². The Balaban J connectivity index is 2.24. The van der Waals surface area contributed by atoms with Crippen molar-refractivity contribution in [1.29, 1.82) is 0 Å². The largest absolute Gasteiger partial charge is 0.468 e. The van der Waals surface area contributed by atoms with Crippen molar-refractivity contribution in [2.75, 3.05) is 27.8 Å². The van der Waals surface area contributed by atoms with Gasteiger partial charge >= 0.3 is 0 Å². The summed E-state index contributed by atoms with van der Waals surface area (Å²) in [5, 5.41) is 0. The van der Waals surface area contributed by atoms with Crippen LogP contribution in [0.25, 0.3) is 0 Å². The molecule has 0 amide bonds. The van der Waals surface area contributed by atoms with Crippen LogP contribution in [-0.4, -0.2) is 33.6 Å². The number of benzene rings is 2. The molecule has 0 N–H and O–H groups in total. The molecule has 0 aliphatic carbocycles. The van der Waals surface area contributed by atoms with E-state index in [9.17, 15) is 4.79 Å². The molecular weight excluding hydrogens is 284 g/mol. The number of methoxy groups -OCH3 is 2. The second kappa shape index (κ2) is 8.17. The van der Waals surface area contributed by atoms with Gasteiger partial charge in [-0.2, -0.15) is 0 Å². The van der Waals surface area contributed by atoms with E-state index < -0.39 is 0 Å². The molecule has 0 aromatic heterocycles. The summed E-state index contributed by atoms with van der Waals surface area (Å²) < 4.78 is 20.5. The normalized spacial score (nSPS) is 10.3. The number of para-hydroxylation sites is 1. The quantitative estimate of drug-likeness (QED) is 0.554. The van der Waals surface area contributed by atoms with Crippen LogP contribution in [0.1, 0.15) is 15.9 Å². The molecule has 0 radical (unpaired) electrons. The molecule has 2 aromatic carbocycles. The Labute approximate surface area is 129 Å². The molecule has 0 unspecified atom stereocenters. The van der Waals surface area contributed by atoms with Crippen molar-refractivity contribution in [2.24, 2.45) is 0 Å². The van der Waals surface area contributed by atoms with Crippen molar-refractivity contribution < 1.29 is 23.7 Å². The second-order valence-corrected chi connectivity index (χ2v) is 4.45. The Morgan fingerprint density at radius 1 is 0.909 bits per heavy atom. The number of hydrogen-bond donors (Lipinski definition) is 0. The average Bonchev–Trinajstić information content (AvgIpc) is 2.58. The van der Waals surface area contributed by atoms with Gasteiger partial charge in [-0.05, 0) is 24.3 Å². The van der Waals surface area contributed by atoms with Gasteiger partial charge < -0.3 is 18.9 Å². The Hall–Kier alpha value is -2.37. The van der Waals surface area contributed by atoms with E-state index in [1.165, 1.54) is 7.11 Å². The molecule has 2 aromatic rings. The van der Waals surface area contributed by atoms with E-state index in [0.717, 1.165) is 0 Å². The second-order valence-electron chi connectivity index (χ2n) is 4.45. The summed E-state index contributed by atoms with van der Waals surface area (Å²) in [7, 11) is 3.07. The summed E-state index contributed by atoms with van der Waals surface area (Å²) in [4.78, 5) is 12.6. The van der Waals surface area contributed by atoms with Crippen molar-refractivity contribution in [3.8, 4) is 11.5 Å². The van der Waals surface area contributed by atoms with Crippen molar-refractivity contribution in [2.45, 2.75) is 0 Å². The van der Waals surface area contributed by atoms with E-state index in [1.54, 1.807) is 55.6 Å². The number of ether oxygens (including phenoxy) is 4. The molecule has 0 fully saturated rings. The smallest absolute Gasteiger partial charge is 0.196 e. The molecule has 116 valence electrons. The third-order valence-electron chi connectivity index (χ3n) is 2.90. The summed E-state index contributed by atoms with van der Waals surface area (Å²) in [6.07, 6.45) is 0. The van der Waals surface area contributed by atoms with Gasteiger partial charge in [0.15, 0.2) is 19.4 Å². The predicted molar refractivity (Wildman–Crippen MR) is 81.3 cm³/mol. The van der Waals surface area contributed by atoms with E-state index in [1.807, 2.05) is 0 Å². The van der Waals surface area contributed by atoms with Gasteiger partial charge in [0.2, 0.25) is 0 Å². The third kappa shape index (κ3) is 4.07. The fourth-order valence-electron chi connectivity index (χ4n) is 1.91. The third-order valence-corrected chi connectivity index (χ3v) is 2.90. The van der Waals surface area contributed by atoms with Gasteiger partial charge in [-0.15, -0.1) is 0 Å². The number of ketones is 1. The van der Waals surface area contributed by atoms with Crippen LogP contribution >= 0.6 is 0 Å². The highest BCUT2D eigenvalue weighted by Gasteiger charge is 2.15. The molecule has 2 rings (SSSR count). The summed E-state index contributed by atoms with van der Waals surface area (Å²) in [6.45, 7) is 0.215. The van der Waals surface area contributed by atoms with Crippen molar-refractivity contribution in [1.82, 2.24) is 0 Å². The van der Waals surface area contributed by atoms with Crippen molar-refractivity contribution >= 4 is 5.78 Å². The minimum atomic E-state index is -0.144. The first-order chi connectivity index (χ1) is 10.8. The zero-order valence-corrected chi connectivity index (χ0v) is 12.6. The van der Waals surface area contributed by atoms with Crippen molar-refractivity contribution in [3.05, 3.63) is 59.7 Å². The average molecular weight is 302 g/mol. The summed E-state index contributed by atoms with van der Waals surface area (Å²) in [5.41, 5.74) is 0.991. The van der Waals surface area contributed by atoms with Crippen LogP contribution in [0.15, 0.2) is 48.5 Å². The fraction of sp³-hybridized carbons (Fsp3) is 0.235. The highest BCUT2D eigenvalue weighted by atomic mass is 16.7. The monoisotopic (exact) mass is 302 g/mol. The summed E-state index contributed by atoms with van der Waals surface area (Å²) in [5.74, 6) is 0.912. The Kier molecular flexibility index (Phi) is 5.94. The predicted octanol–water partition coefficient (Wildman–Crippen LogP) is 2.88. The van der Waals surface area contributed by atoms with Gasteiger partial charge in [-0.1, -0.05) is 24.3 Å². The molecule has 0 atom stereocenters. The van der Waals surface area contributed by atoms with Crippen LogP contribution in [0.5, 0.6) is 11.5 Å². The van der Waals surface area contributed by atoms with E-state index in [2.05, 4.69) is 0 Å². The first-order valence-electron chi connectivity index (χ1n) is 6.73. The summed E-state index contributed by atoms with van der Waals surface area (Å²) >= 11 is 0.